The minimum absolute atomic E-state index is 0.0276. The van der Waals surface area contributed by atoms with E-state index < -0.39 is 23.5 Å². The lowest BCUT2D eigenvalue weighted by Crippen LogP contribution is -2.28. The molecule has 7 rings (SSSR count). The molecule has 0 bridgehead atoms. The third-order valence-corrected chi connectivity index (χ3v) is 9.75. The van der Waals surface area contributed by atoms with E-state index in [-0.39, 0.29) is 51.3 Å². The van der Waals surface area contributed by atoms with Crippen LogP contribution in [0.3, 0.4) is 0 Å². The quantitative estimate of drug-likeness (QED) is 0.108. The van der Waals surface area contributed by atoms with Crippen LogP contribution in [0.1, 0.15) is 68.5 Å². The topological polar surface area (TPSA) is 122 Å². The number of anilines is 2. The van der Waals surface area contributed by atoms with Crippen molar-refractivity contribution in [2.75, 3.05) is 11.1 Å². The lowest BCUT2D eigenvalue weighted by Gasteiger charge is -2.28. The van der Waals surface area contributed by atoms with Crippen LogP contribution in [-0.4, -0.2) is 48.0 Å². The smallest absolute Gasteiger partial charge is 0.395 e. The molecule has 0 aliphatic heterocycles. The van der Waals surface area contributed by atoms with Crippen LogP contribution < -0.4 is 11.1 Å². The van der Waals surface area contributed by atoms with Gasteiger partial charge in [-0.1, -0.05) is 35.3 Å². The van der Waals surface area contributed by atoms with E-state index in [9.17, 15) is 36.6 Å². The number of aromatic nitrogens is 4. The second kappa shape index (κ2) is 13.6. The van der Waals surface area contributed by atoms with Crippen LogP contribution in [0.4, 0.5) is 37.7 Å². The summed E-state index contributed by atoms with van der Waals surface area (Å²) in [5, 5.41) is 23.7. The number of aliphatic hydroxyl groups excluding tert-OH is 2. The molecule has 0 unspecified atom stereocenters. The molecular weight excluding hydrogens is 697 g/mol. The van der Waals surface area contributed by atoms with Crippen LogP contribution >= 0.6 is 23.2 Å². The van der Waals surface area contributed by atoms with E-state index in [1.165, 1.54) is 12.1 Å². The molecule has 0 saturated heterocycles. The number of halogens is 8. The van der Waals surface area contributed by atoms with Gasteiger partial charge in [-0.25, -0.2) is 15.0 Å². The normalized spacial score (nSPS) is 21.9. The number of aliphatic hydroxyl groups is 2. The van der Waals surface area contributed by atoms with Crippen molar-refractivity contribution >= 4 is 67.4 Å². The highest BCUT2D eigenvalue weighted by atomic mass is 35.5. The Morgan fingerprint density at radius 3 is 1.82 bits per heavy atom. The number of benzene rings is 2. The molecule has 262 valence electrons. The van der Waals surface area contributed by atoms with Gasteiger partial charge in [0.05, 0.1) is 57.6 Å². The van der Waals surface area contributed by atoms with Gasteiger partial charge in [0.2, 0.25) is 0 Å². The van der Waals surface area contributed by atoms with Crippen LogP contribution in [0.5, 0.6) is 0 Å². The molecule has 2 aromatic carbocycles. The summed E-state index contributed by atoms with van der Waals surface area (Å²) in [4.78, 5) is 12.4. The molecule has 0 amide bonds. The van der Waals surface area contributed by atoms with E-state index >= 15 is 0 Å². The first-order valence-electron chi connectivity index (χ1n) is 15.7. The summed E-state index contributed by atoms with van der Waals surface area (Å²) in [7, 11) is 0. The van der Waals surface area contributed by atoms with Crippen LogP contribution in [0, 0.1) is 0 Å². The Hall–Kier alpha value is -3.59. The number of imidazole rings is 1. The lowest BCUT2D eigenvalue weighted by molar-refractivity contribution is -0.138. The molecule has 0 spiro atoms. The van der Waals surface area contributed by atoms with Crippen molar-refractivity contribution in [1.29, 1.82) is 0 Å². The van der Waals surface area contributed by atoms with E-state index in [0.29, 0.717) is 53.2 Å². The summed E-state index contributed by atoms with van der Waals surface area (Å²) in [6, 6.07) is 7.06. The van der Waals surface area contributed by atoms with Crippen molar-refractivity contribution in [2.24, 2.45) is 0 Å². The van der Waals surface area contributed by atoms with Crippen LogP contribution in [0.25, 0.3) is 32.8 Å². The van der Waals surface area contributed by atoms with Gasteiger partial charge >= 0.3 is 12.4 Å². The fraction of sp³-hybridized carbons (Fsp3) is 0.424. The Morgan fingerprint density at radius 1 is 0.735 bits per heavy atom. The monoisotopic (exact) mass is 728 g/mol. The van der Waals surface area contributed by atoms with Crippen molar-refractivity contribution in [3.8, 4) is 0 Å². The summed E-state index contributed by atoms with van der Waals surface area (Å²) in [5.41, 5.74) is 6.69. The van der Waals surface area contributed by atoms with Gasteiger partial charge in [-0.3, -0.25) is 0 Å². The molecule has 2 aliphatic rings. The van der Waals surface area contributed by atoms with Crippen LogP contribution in [0.15, 0.2) is 42.7 Å². The first-order chi connectivity index (χ1) is 23.1. The van der Waals surface area contributed by atoms with E-state index in [4.69, 9.17) is 28.9 Å². The largest absolute Gasteiger partial charge is 0.416 e. The molecule has 49 heavy (non-hydrogen) atoms. The van der Waals surface area contributed by atoms with Crippen molar-refractivity contribution in [3.05, 3.63) is 64.2 Å². The molecule has 16 heteroatoms. The lowest BCUT2D eigenvalue weighted by atomic mass is 9.92. The Balaban J connectivity index is 0.000000170. The molecular formula is C33H32Cl2F6N6O2. The van der Waals surface area contributed by atoms with Gasteiger partial charge in [0.15, 0.2) is 10.3 Å². The summed E-state index contributed by atoms with van der Waals surface area (Å²) in [5.74, 6) is 0. The van der Waals surface area contributed by atoms with Gasteiger partial charge in [0, 0.05) is 22.9 Å². The fourth-order valence-corrected chi connectivity index (χ4v) is 6.97. The van der Waals surface area contributed by atoms with E-state index in [2.05, 4.69) is 20.3 Å². The molecule has 2 saturated carbocycles. The van der Waals surface area contributed by atoms with Gasteiger partial charge in [-0.15, -0.1) is 0 Å². The van der Waals surface area contributed by atoms with Gasteiger partial charge in [-0.2, -0.15) is 26.3 Å². The zero-order chi connectivity index (χ0) is 35.2. The van der Waals surface area contributed by atoms with E-state index in [1.807, 2.05) is 4.57 Å². The number of nitrogens with zero attached hydrogens (tertiary/aromatic N) is 4. The van der Waals surface area contributed by atoms with Crippen LogP contribution in [0.2, 0.25) is 10.3 Å². The van der Waals surface area contributed by atoms with Crippen molar-refractivity contribution in [1.82, 2.24) is 19.5 Å². The van der Waals surface area contributed by atoms with Gasteiger partial charge in [0.1, 0.15) is 5.52 Å². The van der Waals surface area contributed by atoms with Crippen molar-refractivity contribution in [3.63, 3.8) is 0 Å². The Labute approximate surface area is 286 Å². The number of nitrogen functional groups attached to an aromatic ring is 1. The second-order valence-electron chi connectivity index (χ2n) is 12.5. The van der Waals surface area contributed by atoms with Gasteiger partial charge in [-0.05, 0) is 75.6 Å². The number of hydrogen-bond acceptors (Lipinski definition) is 7. The number of hydrogen-bond donors (Lipinski definition) is 4. The SMILES string of the molecule is Nc1c(Cl)nc2cc(C(F)(F)F)ccc2c1NC1CCC(O)CC1.OC1CCC(n2cnc3c(Cl)nc4cc(C(F)(F)F)ccc4c32)CC1. The van der Waals surface area contributed by atoms with E-state index in [0.717, 1.165) is 49.9 Å². The minimum atomic E-state index is -4.45. The second-order valence-corrected chi connectivity index (χ2v) is 13.2. The van der Waals surface area contributed by atoms with Crippen LogP contribution in [-0.2, 0) is 12.4 Å². The highest BCUT2D eigenvalue weighted by Crippen LogP contribution is 2.40. The number of alkyl halides is 6. The maximum atomic E-state index is 13.0. The molecule has 2 aliphatic carbocycles. The van der Waals surface area contributed by atoms with E-state index in [1.54, 1.807) is 6.33 Å². The highest BCUT2D eigenvalue weighted by Gasteiger charge is 2.32. The predicted molar refractivity (Wildman–Crippen MR) is 177 cm³/mol. The number of rotatable bonds is 3. The predicted octanol–water partition coefficient (Wildman–Crippen LogP) is 8.94. The molecule has 3 aromatic heterocycles. The maximum absolute atomic E-state index is 13.0. The first-order valence-corrected chi connectivity index (χ1v) is 16.5. The van der Waals surface area contributed by atoms with Gasteiger partial charge in [0.25, 0.3) is 0 Å². The average molecular weight is 730 g/mol. The summed E-state index contributed by atoms with van der Waals surface area (Å²) in [6.45, 7) is 0. The summed E-state index contributed by atoms with van der Waals surface area (Å²) < 4.78 is 79.5. The number of pyridine rings is 2. The molecule has 5 aromatic rings. The Morgan fingerprint density at radius 2 is 1.24 bits per heavy atom. The maximum Gasteiger partial charge on any atom is 0.416 e. The van der Waals surface area contributed by atoms with Crippen molar-refractivity contribution in [2.45, 2.75) is 88.0 Å². The third-order valence-electron chi connectivity index (χ3n) is 9.20. The Bertz CT molecular complexity index is 1990. The highest BCUT2D eigenvalue weighted by molar-refractivity contribution is 6.35. The molecule has 2 fully saturated rings. The Kier molecular flexibility index (Phi) is 9.79. The molecule has 0 radical (unpaired) electrons. The third kappa shape index (κ3) is 7.47. The minimum Gasteiger partial charge on any atom is -0.395 e. The molecule has 5 N–H and O–H groups in total. The number of nitrogens with two attached hydrogens (primary N) is 1. The number of nitrogens with one attached hydrogen (secondary N) is 1. The molecule has 3 heterocycles. The fourth-order valence-electron chi connectivity index (χ4n) is 6.56. The number of fused-ring (bicyclic) bond motifs is 4. The molecule has 0 atom stereocenters. The zero-order valence-corrected chi connectivity index (χ0v) is 27.3. The van der Waals surface area contributed by atoms with Crippen molar-refractivity contribution < 1.29 is 36.6 Å². The standard InChI is InChI=1S/C17H15ClF3N3O.C16H17ClF3N3O/c18-16-14-15(24(8-22-14)10-2-4-11(25)5-3-10)12-6-1-9(17(19,20)21)7-13(12)23-16;17-15-13(21)14(22-9-2-4-10(24)5-3-9)11-6-1-8(16(18,19)20)7-12(11)23-15/h1,6-8,10-11,25H,2-5H2;1,6-7,9-10,24H,2-5,21H2,(H,22,23). The molecule has 8 nitrogen and oxygen atoms in total. The first kappa shape index (κ1) is 35.2. The summed E-state index contributed by atoms with van der Waals surface area (Å²) in [6.07, 6.45) is -1.99. The zero-order valence-electron chi connectivity index (χ0n) is 25.8. The average Bonchev–Trinajstić information content (AvgIpc) is 3.50. The summed E-state index contributed by atoms with van der Waals surface area (Å²) >= 11 is 12.2. The van der Waals surface area contributed by atoms with Gasteiger partial charge < -0.3 is 25.8 Å².